The van der Waals surface area contributed by atoms with Crippen LogP contribution in [0.2, 0.25) is 0 Å². The summed E-state index contributed by atoms with van der Waals surface area (Å²) in [6, 6.07) is 12.9. The molecule has 3 heteroatoms. The summed E-state index contributed by atoms with van der Waals surface area (Å²) >= 11 is 0. The summed E-state index contributed by atoms with van der Waals surface area (Å²) < 4.78 is 5.25. The van der Waals surface area contributed by atoms with Crippen LogP contribution in [0.5, 0.6) is 11.5 Å². The van der Waals surface area contributed by atoms with Crippen LogP contribution in [0.3, 0.4) is 0 Å². The molecule has 0 fully saturated rings. The van der Waals surface area contributed by atoms with Crippen molar-refractivity contribution in [3.8, 4) is 11.5 Å². The van der Waals surface area contributed by atoms with E-state index in [-0.39, 0.29) is 5.75 Å². The van der Waals surface area contributed by atoms with Crippen molar-refractivity contribution in [2.75, 3.05) is 7.11 Å². The van der Waals surface area contributed by atoms with Crippen molar-refractivity contribution in [2.24, 2.45) is 0 Å². The Morgan fingerprint density at radius 1 is 1.15 bits per heavy atom. The van der Waals surface area contributed by atoms with Crippen LogP contribution in [-0.2, 0) is 18.4 Å². The lowest BCUT2D eigenvalue weighted by molar-refractivity contribution is 0.0388. The van der Waals surface area contributed by atoms with Crippen molar-refractivity contribution in [1.29, 1.82) is 0 Å². The molecule has 2 N–H and O–H groups in total. The zero-order chi connectivity index (χ0) is 14.2. The lowest BCUT2D eigenvalue weighted by atomic mass is 9.88. The quantitative estimate of drug-likeness (QED) is 0.901. The SMILES string of the molecule is COc1ccc2c(c1)C(O)(Cc1ccc(O)cc1)CC2. The average Bonchev–Trinajstić information content (AvgIpc) is 2.78. The maximum atomic E-state index is 11.0. The molecule has 0 radical (unpaired) electrons. The number of phenolic OH excluding ortho intramolecular Hbond substituents is 1. The molecule has 1 aliphatic carbocycles. The van der Waals surface area contributed by atoms with Gasteiger partial charge in [-0.2, -0.15) is 0 Å². The molecule has 20 heavy (non-hydrogen) atoms. The normalized spacial score (nSPS) is 20.7. The monoisotopic (exact) mass is 270 g/mol. The highest BCUT2D eigenvalue weighted by Crippen LogP contribution is 2.41. The highest BCUT2D eigenvalue weighted by molar-refractivity contribution is 5.44. The summed E-state index contributed by atoms with van der Waals surface area (Å²) in [4.78, 5) is 0. The number of aromatic hydroxyl groups is 1. The van der Waals surface area contributed by atoms with Gasteiger partial charge in [0.15, 0.2) is 0 Å². The molecule has 0 aromatic heterocycles. The predicted octanol–water partition coefficient (Wildman–Crippen LogP) is 2.78. The first-order chi connectivity index (χ1) is 9.60. The van der Waals surface area contributed by atoms with Gasteiger partial charge in [0.05, 0.1) is 12.7 Å². The Kier molecular flexibility index (Phi) is 3.14. The number of rotatable bonds is 3. The van der Waals surface area contributed by atoms with Crippen LogP contribution in [0.4, 0.5) is 0 Å². The van der Waals surface area contributed by atoms with Gasteiger partial charge < -0.3 is 14.9 Å². The number of ether oxygens (including phenoxy) is 1. The number of aryl methyl sites for hydroxylation is 1. The van der Waals surface area contributed by atoms with Gasteiger partial charge in [-0.3, -0.25) is 0 Å². The second-order valence-corrected chi connectivity index (χ2v) is 5.40. The van der Waals surface area contributed by atoms with Crippen LogP contribution in [0.15, 0.2) is 42.5 Å². The van der Waals surface area contributed by atoms with Crippen LogP contribution in [0, 0.1) is 0 Å². The number of fused-ring (bicyclic) bond motifs is 1. The lowest BCUT2D eigenvalue weighted by Crippen LogP contribution is -2.25. The van der Waals surface area contributed by atoms with Gasteiger partial charge in [-0.1, -0.05) is 18.2 Å². The summed E-state index contributed by atoms with van der Waals surface area (Å²) in [6.45, 7) is 0. The smallest absolute Gasteiger partial charge is 0.119 e. The number of aliphatic hydroxyl groups is 1. The first kappa shape index (κ1) is 13.0. The minimum Gasteiger partial charge on any atom is -0.508 e. The van der Waals surface area contributed by atoms with E-state index in [9.17, 15) is 10.2 Å². The minimum absolute atomic E-state index is 0.245. The Hall–Kier alpha value is -2.00. The van der Waals surface area contributed by atoms with Gasteiger partial charge in [-0.05, 0) is 53.8 Å². The van der Waals surface area contributed by atoms with E-state index in [1.807, 2.05) is 30.3 Å². The molecule has 2 aromatic carbocycles. The second kappa shape index (κ2) is 4.84. The fourth-order valence-corrected chi connectivity index (χ4v) is 2.94. The van der Waals surface area contributed by atoms with E-state index < -0.39 is 5.60 Å². The van der Waals surface area contributed by atoms with E-state index in [4.69, 9.17) is 4.74 Å². The molecular weight excluding hydrogens is 252 g/mol. The van der Waals surface area contributed by atoms with Crippen molar-refractivity contribution >= 4 is 0 Å². The predicted molar refractivity (Wildman–Crippen MR) is 77.0 cm³/mol. The molecule has 0 spiro atoms. The molecule has 1 atom stereocenters. The van der Waals surface area contributed by atoms with Gasteiger partial charge in [0, 0.05) is 6.42 Å². The zero-order valence-corrected chi connectivity index (χ0v) is 11.5. The fourth-order valence-electron chi connectivity index (χ4n) is 2.94. The van der Waals surface area contributed by atoms with E-state index in [0.29, 0.717) is 6.42 Å². The van der Waals surface area contributed by atoms with Crippen molar-refractivity contribution in [3.63, 3.8) is 0 Å². The molecule has 0 heterocycles. The molecule has 104 valence electrons. The molecule has 3 rings (SSSR count). The van der Waals surface area contributed by atoms with Gasteiger partial charge in [0.2, 0.25) is 0 Å². The molecule has 1 unspecified atom stereocenters. The Morgan fingerprint density at radius 2 is 1.90 bits per heavy atom. The number of methoxy groups -OCH3 is 1. The molecule has 3 nitrogen and oxygen atoms in total. The molecule has 0 bridgehead atoms. The van der Waals surface area contributed by atoms with Crippen LogP contribution < -0.4 is 4.74 Å². The summed E-state index contributed by atoms with van der Waals surface area (Å²) in [5.41, 5.74) is 2.32. The van der Waals surface area contributed by atoms with E-state index in [0.717, 1.165) is 29.7 Å². The van der Waals surface area contributed by atoms with Crippen molar-refractivity contribution < 1.29 is 14.9 Å². The van der Waals surface area contributed by atoms with Gasteiger partial charge >= 0.3 is 0 Å². The summed E-state index contributed by atoms with van der Waals surface area (Å²) in [5.74, 6) is 1.02. The van der Waals surface area contributed by atoms with E-state index in [2.05, 4.69) is 0 Å². The Balaban J connectivity index is 1.93. The van der Waals surface area contributed by atoms with Gasteiger partial charge in [0.1, 0.15) is 11.5 Å². The van der Waals surface area contributed by atoms with Gasteiger partial charge in [0.25, 0.3) is 0 Å². The standard InChI is InChI=1S/C17H18O3/c1-20-15-7-4-13-8-9-17(19,16(13)10-15)11-12-2-5-14(18)6-3-12/h2-7,10,18-19H,8-9,11H2,1H3. The third kappa shape index (κ3) is 2.25. The lowest BCUT2D eigenvalue weighted by Gasteiger charge is -2.24. The molecule has 0 amide bonds. The van der Waals surface area contributed by atoms with Crippen molar-refractivity contribution in [3.05, 3.63) is 59.2 Å². The first-order valence-corrected chi connectivity index (χ1v) is 6.78. The number of benzene rings is 2. The van der Waals surface area contributed by atoms with Crippen molar-refractivity contribution in [1.82, 2.24) is 0 Å². The third-order valence-electron chi connectivity index (χ3n) is 4.06. The van der Waals surface area contributed by atoms with Crippen LogP contribution in [0.25, 0.3) is 0 Å². The van der Waals surface area contributed by atoms with E-state index in [1.54, 1.807) is 19.2 Å². The highest BCUT2D eigenvalue weighted by Gasteiger charge is 2.37. The summed E-state index contributed by atoms with van der Waals surface area (Å²) in [5, 5.41) is 20.3. The number of hydrogen-bond donors (Lipinski definition) is 2. The fraction of sp³-hybridized carbons (Fsp3) is 0.294. The molecule has 1 aliphatic rings. The van der Waals surface area contributed by atoms with E-state index in [1.165, 1.54) is 5.56 Å². The maximum absolute atomic E-state index is 11.0. The molecule has 0 aliphatic heterocycles. The average molecular weight is 270 g/mol. The van der Waals surface area contributed by atoms with Gasteiger partial charge in [-0.15, -0.1) is 0 Å². The Bertz CT molecular complexity index is 619. The molecule has 0 saturated heterocycles. The van der Waals surface area contributed by atoms with Crippen LogP contribution in [-0.4, -0.2) is 17.3 Å². The van der Waals surface area contributed by atoms with E-state index >= 15 is 0 Å². The number of hydrogen-bond acceptors (Lipinski definition) is 3. The molecular formula is C17H18O3. The highest BCUT2D eigenvalue weighted by atomic mass is 16.5. The maximum Gasteiger partial charge on any atom is 0.119 e. The van der Waals surface area contributed by atoms with Crippen LogP contribution in [0.1, 0.15) is 23.1 Å². The minimum atomic E-state index is -0.846. The summed E-state index contributed by atoms with van der Waals surface area (Å²) in [6.07, 6.45) is 2.15. The largest absolute Gasteiger partial charge is 0.508 e. The topological polar surface area (TPSA) is 49.7 Å². The number of phenols is 1. The van der Waals surface area contributed by atoms with Gasteiger partial charge in [-0.25, -0.2) is 0 Å². The Labute approximate surface area is 118 Å². The van der Waals surface area contributed by atoms with Crippen molar-refractivity contribution in [2.45, 2.75) is 24.9 Å². The molecule has 0 saturated carbocycles. The summed E-state index contributed by atoms with van der Waals surface area (Å²) in [7, 11) is 1.63. The van der Waals surface area contributed by atoms with Crippen LogP contribution >= 0.6 is 0 Å². The molecule has 2 aromatic rings. The third-order valence-corrected chi connectivity index (χ3v) is 4.06. The Morgan fingerprint density at radius 3 is 2.60 bits per heavy atom. The first-order valence-electron chi connectivity index (χ1n) is 6.78. The second-order valence-electron chi connectivity index (χ2n) is 5.40. The zero-order valence-electron chi connectivity index (χ0n) is 11.5.